The van der Waals surface area contributed by atoms with Gasteiger partial charge in [0.1, 0.15) is 0 Å². The van der Waals surface area contributed by atoms with Gasteiger partial charge in [0.05, 0.1) is 0 Å². The van der Waals surface area contributed by atoms with E-state index in [2.05, 4.69) is 140 Å². The minimum atomic E-state index is 0.689. The normalized spacial score (nSPS) is 14.0. The summed E-state index contributed by atoms with van der Waals surface area (Å²) in [5.74, 6) is 0.697. The maximum Gasteiger partial charge on any atom is 0.164 e. The van der Waals surface area contributed by atoms with Gasteiger partial charge in [0.2, 0.25) is 0 Å². The molecule has 0 radical (unpaired) electrons. The van der Waals surface area contributed by atoms with Crippen LogP contribution in [0.25, 0.3) is 95.5 Å². The molecule has 0 spiro atoms. The van der Waals surface area contributed by atoms with E-state index in [0.717, 1.165) is 63.7 Å². The molecule has 0 N–H and O–H groups in total. The number of allylic oxidation sites excluding steroid dienone is 1. The number of aryl methyl sites for hydroxylation is 2. The summed E-state index contributed by atoms with van der Waals surface area (Å²) in [6.45, 7) is 4.60. The van der Waals surface area contributed by atoms with Gasteiger partial charge in [0, 0.05) is 36.5 Å². The zero-order valence-corrected chi connectivity index (χ0v) is 31.0. The maximum atomic E-state index is 5.19. The fourth-order valence-corrected chi connectivity index (χ4v) is 9.73. The molecule has 0 amide bonds. The van der Waals surface area contributed by atoms with Crippen LogP contribution in [0.1, 0.15) is 40.7 Å². The number of rotatable bonds is 3. The van der Waals surface area contributed by atoms with Crippen LogP contribution in [0.4, 0.5) is 0 Å². The third-order valence-electron chi connectivity index (χ3n) is 11.3. The van der Waals surface area contributed by atoms with E-state index >= 15 is 0 Å². The first-order valence-electron chi connectivity index (χ1n) is 19.0. The van der Waals surface area contributed by atoms with E-state index in [9.17, 15) is 0 Å². The maximum absolute atomic E-state index is 5.19. The van der Waals surface area contributed by atoms with Crippen molar-refractivity contribution in [2.45, 2.75) is 25.7 Å². The number of hydrogen-bond acceptors (Lipinski definition) is 4. The molecule has 4 heteroatoms. The summed E-state index contributed by atoms with van der Waals surface area (Å²) in [5, 5.41) is 10.5. The number of thiophene rings is 1. The molecule has 11 rings (SSSR count). The SMILES string of the molecule is C=c1cc(C2=Cc3c(ccc4ccccc34)CC2)cc/c1=C/c1cc2cccc(c2)c2nc(-c3ccccc3)nc(n2)c2c3c(sc4ccc1cc43)=CCC2. The number of nitrogens with zero attached hydrogens (tertiary/aromatic N) is 3. The molecule has 0 saturated heterocycles. The van der Waals surface area contributed by atoms with Crippen LogP contribution in [0.2, 0.25) is 0 Å². The highest BCUT2D eigenvalue weighted by Gasteiger charge is 2.17. The third kappa shape index (κ3) is 5.60. The Morgan fingerprint density at radius 2 is 1.47 bits per heavy atom. The van der Waals surface area contributed by atoms with Crippen molar-refractivity contribution >= 4 is 95.4 Å². The van der Waals surface area contributed by atoms with Gasteiger partial charge in [0.25, 0.3) is 0 Å². The molecule has 55 heavy (non-hydrogen) atoms. The van der Waals surface area contributed by atoms with Crippen LogP contribution in [0, 0.1) is 0 Å². The molecule has 260 valence electrons. The number of aromatic nitrogens is 3. The van der Waals surface area contributed by atoms with Crippen LogP contribution >= 0.6 is 11.3 Å². The minimum absolute atomic E-state index is 0.689. The highest BCUT2D eigenvalue weighted by atomic mass is 32.1. The van der Waals surface area contributed by atoms with Crippen molar-refractivity contribution in [3.05, 3.63) is 176 Å². The van der Waals surface area contributed by atoms with E-state index < -0.39 is 0 Å². The van der Waals surface area contributed by atoms with Gasteiger partial charge >= 0.3 is 0 Å². The molecule has 3 aromatic heterocycles. The number of fused-ring (bicyclic) bond motifs is 10. The average Bonchev–Trinajstić information content (AvgIpc) is 3.62. The van der Waals surface area contributed by atoms with E-state index in [1.807, 2.05) is 29.5 Å². The first-order valence-corrected chi connectivity index (χ1v) is 19.9. The van der Waals surface area contributed by atoms with E-state index in [0.29, 0.717) is 11.5 Å². The summed E-state index contributed by atoms with van der Waals surface area (Å²) >= 11 is 1.86. The first-order chi connectivity index (χ1) is 27.1. The number of hydrogen-bond donors (Lipinski definition) is 0. The summed E-state index contributed by atoms with van der Waals surface area (Å²) in [7, 11) is 0. The Morgan fingerprint density at radius 3 is 2.40 bits per heavy atom. The zero-order valence-electron chi connectivity index (χ0n) is 30.2. The predicted octanol–water partition coefficient (Wildman–Crippen LogP) is 10.7. The van der Waals surface area contributed by atoms with Gasteiger partial charge in [-0.3, -0.25) is 0 Å². The molecular formula is C51H35N3S. The number of benzene rings is 6. The second-order valence-corrected chi connectivity index (χ2v) is 15.8. The van der Waals surface area contributed by atoms with E-state index in [1.165, 1.54) is 64.0 Å². The van der Waals surface area contributed by atoms with Gasteiger partial charge in [-0.1, -0.05) is 122 Å². The Hall–Kier alpha value is -6.49. The van der Waals surface area contributed by atoms with Crippen molar-refractivity contribution in [1.82, 2.24) is 15.0 Å². The van der Waals surface area contributed by atoms with Crippen LogP contribution in [-0.2, 0) is 12.8 Å². The quantitative estimate of drug-likeness (QED) is 0.182. The lowest BCUT2D eigenvalue weighted by Gasteiger charge is -2.19. The summed E-state index contributed by atoms with van der Waals surface area (Å²) in [4.78, 5) is 15.4. The smallest absolute Gasteiger partial charge is 0.164 e. The Balaban J connectivity index is 1.14. The molecular weight excluding hydrogens is 687 g/mol. The van der Waals surface area contributed by atoms with Crippen LogP contribution in [0.5, 0.6) is 0 Å². The van der Waals surface area contributed by atoms with Crippen molar-refractivity contribution in [2.75, 3.05) is 0 Å². The Morgan fingerprint density at radius 1 is 0.618 bits per heavy atom. The summed E-state index contributed by atoms with van der Waals surface area (Å²) < 4.78 is 2.57. The fraction of sp³-hybridized carbons (Fsp3) is 0.0784. The predicted molar refractivity (Wildman–Crippen MR) is 234 cm³/mol. The molecule has 6 aromatic carbocycles. The largest absolute Gasteiger partial charge is 0.208 e. The van der Waals surface area contributed by atoms with Crippen molar-refractivity contribution < 1.29 is 0 Å². The molecule has 0 unspecified atom stereocenters. The summed E-state index contributed by atoms with van der Waals surface area (Å²) in [6, 6.07) is 48.1. The molecule has 3 heterocycles. The average molecular weight is 722 g/mol. The van der Waals surface area contributed by atoms with Gasteiger partial charge in [-0.2, -0.15) is 0 Å². The third-order valence-corrected chi connectivity index (χ3v) is 12.5. The van der Waals surface area contributed by atoms with Gasteiger partial charge in [0.15, 0.2) is 17.1 Å². The lowest BCUT2D eigenvalue weighted by Crippen LogP contribution is -2.23. The lowest BCUT2D eigenvalue weighted by molar-refractivity contribution is 1.00. The van der Waals surface area contributed by atoms with E-state index in [-0.39, 0.29) is 0 Å². The highest BCUT2D eigenvalue weighted by Crippen LogP contribution is 2.35. The second kappa shape index (κ2) is 12.8. The van der Waals surface area contributed by atoms with Gasteiger partial charge in [-0.15, -0.1) is 11.3 Å². The van der Waals surface area contributed by atoms with Crippen LogP contribution < -0.4 is 15.0 Å². The second-order valence-electron chi connectivity index (χ2n) is 14.8. The minimum Gasteiger partial charge on any atom is -0.208 e. The molecule has 9 aromatic rings. The van der Waals surface area contributed by atoms with Crippen LogP contribution in [0.3, 0.4) is 0 Å². The van der Waals surface area contributed by atoms with Crippen LogP contribution in [0.15, 0.2) is 133 Å². The lowest BCUT2D eigenvalue weighted by atomic mass is 9.86. The molecule has 3 nitrogen and oxygen atoms in total. The zero-order chi connectivity index (χ0) is 36.5. The van der Waals surface area contributed by atoms with Crippen molar-refractivity contribution in [1.29, 1.82) is 0 Å². The Bertz CT molecular complexity index is 3340. The Labute approximate surface area is 322 Å². The van der Waals surface area contributed by atoms with Crippen molar-refractivity contribution in [3.8, 4) is 11.4 Å². The monoisotopic (exact) mass is 721 g/mol. The topological polar surface area (TPSA) is 38.7 Å². The first kappa shape index (κ1) is 32.0. The molecule has 2 aliphatic rings. The Kier molecular flexibility index (Phi) is 7.46. The summed E-state index contributed by atoms with van der Waals surface area (Å²) in [6.07, 6.45) is 11.0. The standard InChI is InChI=1S/C51H35N3S/c1-31-25-37(38-21-19-34-18-17-33-10-5-6-14-42(33)44(34)29-38)22-20-36(31)28-41-27-32-9-7-13-40(26-32)50-52-49(35-11-3-2-4-12-35)53-51(54-50)43-15-8-16-47-48(43)45-30-39(41)23-24-46(45)55-47/h2-7,9-14,16-18,20,22-30H,1,8,15,19,21H2/b36-28-,41-27?. The van der Waals surface area contributed by atoms with Gasteiger partial charge in [-0.25, -0.2) is 15.0 Å². The van der Waals surface area contributed by atoms with Crippen LogP contribution in [-0.4, -0.2) is 15.0 Å². The van der Waals surface area contributed by atoms with E-state index in [1.54, 1.807) is 0 Å². The molecule has 0 aliphatic heterocycles. The van der Waals surface area contributed by atoms with Gasteiger partial charge < -0.3 is 0 Å². The van der Waals surface area contributed by atoms with Crippen molar-refractivity contribution in [3.63, 3.8) is 0 Å². The molecule has 2 aliphatic carbocycles. The van der Waals surface area contributed by atoms with Gasteiger partial charge in [-0.05, 0) is 122 Å². The van der Waals surface area contributed by atoms with Crippen molar-refractivity contribution in [2.24, 2.45) is 0 Å². The molecule has 6 bridgehead atoms. The van der Waals surface area contributed by atoms with E-state index in [4.69, 9.17) is 15.0 Å². The molecule has 0 fully saturated rings. The molecule has 0 saturated carbocycles. The fourth-order valence-electron chi connectivity index (χ4n) is 8.55. The molecule has 0 atom stereocenters. The summed E-state index contributed by atoms with van der Waals surface area (Å²) in [5.41, 5.74) is 10.1. The highest BCUT2D eigenvalue weighted by molar-refractivity contribution is 7.18.